The van der Waals surface area contributed by atoms with Gasteiger partial charge in [0.15, 0.2) is 17.4 Å². The molecule has 1 amide bonds. The number of aromatic nitrogens is 2. The van der Waals surface area contributed by atoms with E-state index in [4.69, 9.17) is 9.47 Å². The van der Waals surface area contributed by atoms with Gasteiger partial charge in [-0.3, -0.25) is 9.89 Å². The highest BCUT2D eigenvalue weighted by Crippen LogP contribution is 2.25. The first-order chi connectivity index (χ1) is 11.7. The number of aromatic amines is 1. The fourth-order valence-electron chi connectivity index (χ4n) is 2.79. The Hall–Kier alpha value is -2.41. The predicted octanol–water partition coefficient (Wildman–Crippen LogP) is 2.63. The number of carbonyl (C=O) groups excluding carboxylic acids is 1. The molecule has 1 saturated heterocycles. The van der Waals surface area contributed by atoms with Crippen LogP contribution in [-0.4, -0.2) is 36.4 Å². The van der Waals surface area contributed by atoms with Crippen molar-refractivity contribution in [2.45, 2.75) is 25.2 Å². The van der Waals surface area contributed by atoms with Gasteiger partial charge < -0.3 is 14.8 Å². The highest BCUT2D eigenvalue weighted by molar-refractivity contribution is 5.91. The molecule has 1 aromatic carbocycles. The largest absolute Gasteiger partial charge is 0.494 e. The maximum Gasteiger partial charge on any atom is 0.229 e. The first-order valence-corrected chi connectivity index (χ1v) is 7.91. The summed E-state index contributed by atoms with van der Waals surface area (Å²) in [5, 5.41) is 9.78. The molecule has 7 heteroatoms. The van der Waals surface area contributed by atoms with Gasteiger partial charge >= 0.3 is 0 Å². The second-order valence-corrected chi connectivity index (χ2v) is 5.82. The quantitative estimate of drug-likeness (QED) is 0.882. The molecular formula is C17H20FN3O3. The Bertz CT molecular complexity index is 711. The van der Waals surface area contributed by atoms with Crippen LogP contribution in [0.5, 0.6) is 5.75 Å². The van der Waals surface area contributed by atoms with E-state index in [0.717, 1.165) is 25.1 Å². The van der Waals surface area contributed by atoms with Crippen molar-refractivity contribution in [3.05, 3.63) is 41.3 Å². The first-order valence-electron chi connectivity index (χ1n) is 7.91. The minimum Gasteiger partial charge on any atom is -0.494 e. The molecule has 2 aromatic rings. The first kappa shape index (κ1) is 16.4. The Labute approximate surface area is 139 Å². The molecule has 1 fully saturated rings. The Morgan fingerprint density at radius 1 is 1.50 bits per heavy atom. The van der Waals surface area contributed by atoms with E-state index < -0.39 is 5.82 Å². The molecule has 1 atom stereocenters. The number of anilines is 1. The van der Waals surface area contributed by atoms with Crippen molar-refractivity contribution in [1.82, 2.24) is 10.2 Å². The Morgan fingerprint density at radius 2 is 2.38 bits per heavy atom. The predicted molar refractivity (Wildman–Crippen MR) is 86.7 cm³/mol. The van der Waals surface area contributed by atoms with Gasteiger partial charge in [0.05, 0.1) is 20.1 Å². The van der Waals surface area contributed by atoms with Crippen LogP contribution < -0.4 is 10.1 Å². The summed E-state index contributed by atoms with van der Waals surface area (Å²) >= 11 is 0. The van der Waals surface area contributed by atoms with E-state index in [9.17, 15) is 9.18 Å². The third-order valence-corrected chi connectivity index (χ3v) is 4.05. The maximum atomic E-state index is 13.7. The zero-order valence-corrected chi connectivity index (χ0v) is 13.5. The van der Waals surface area contributed by atoms with Crippen LogP contribution in [0.3, 0.4) is 0 Å². The van der Waals surface area contributed by atoms with Gasteiger partial charge in [0.1, 0.15) is 0 Å². The standard InChI is InChI=1S/C17H20FN3O3/c1-23-15-5-4-11(7-13(15)18)8-17(22)19-16-9-14(20-21-16)12-3-2-6-24-10-12/h4-5,7,9,12H,2-3,6,8,10H2,1H3,(H2,19,20,21,22). The minimum atomic E-state index is -0.484. The summed E-state index contributed by atoms with van der Waals surface area (Å²) in [5.41, 5.74) is 1.53. The summed E-state index contributed by atoms with van der Waals surface area (Å²) in [7, 11) is 1.40. The van der Waals surface area contributed by atoms with Gasteiger partial charge in [-0.2, -0.15) is 5.10 Å². The van der Waals surface area contributed by atoms with E-state index in [2.05, 4.69) is 15.5 Å². The van der Waals surface area contributed by atoms with Crippen molar-refractivity contribution < 1.29 is 18.7 Å². The van der Waals surface area contributed by atoms with Crippen LogP contribution in [0, 0.1) is 5.82 Å². The number of carbonyl (C=O) groups is 1. The monoisotopic (exact) mass is 333 g/mol. The number of ether oxygens (including phenoxy) is 2. The number of benzene rings is 1. The molecule has 2 N–H and O–H groups in total. The molecule has 1 aliphatic heterocycles. The van der Waals surface area contributed by atoms with E-state index >= 15 is 0 Å². The van der Waals surface area contributed by atoms with E-state index in [1.807, 2.05) is 6.07 Å². The lowest BCUT2D eigenvalue weighted by molar-refractivity contribution is -0.115. The topological polar surface area (TPSA) is 76.2 Å². The van der Waals surface area contributed by atoms with E-state index in [0.29, 0.717) is 18.0 Å². The lowest BCUT2D eigenvalue weighted by Gasteiger charge is -2.20. The molecule has 1 aliphatic rings. The van der Waals surface area contributed by atoms with Crippen molar-refractivity contribution in [2.75, 3.05) is 25.6 Å². The number of halogens is 1. The summed E-state index contributed by atoms with van der Waals surface area (Å²) in [5.74, 6) is 0.174. The molecule has 6 nitrogen and oxygen atoms in total. The molecule has 0 aliphatic carbocycles. The van der Waals surface area contributed by atoms with Gasteiger partial charge in [-0.05, 0) is 30.5 Å². The zero-order valence-electron chi connectivity index (χ0n) is 13.5. The van der Waals surface area contributed by atoms with Crippen LogP contribution in [0.2, 0.25) is 0 Å². The highest BCUT2D eigenvalue weighted by Gasteiger charge is 2.19. The summed E-state index contributed by atoms with van der Waals surface area (Å²) in [6.07, 6.45) is 2.13. The summed E-state index contributed by atoms with van der Waals surface area (Å²) < 4.78 is 24.0. The average Bonchev–Trinajstić information content (AvgIpc) is 3.04. The Morgan fingerprint density at radius 3 is 3.08 bits per heavy atom. The Kier molecular flexibility index (Phi) is 5.10. The number of nitrogens with zero attached hydrogens (tertiary/aromatic N) is 1. The number of nitrogens with one attached hydrogen (secondary N) is 2. The molecule has 0 saturated carbocycles. The van der Waals surface area contributed by atoms with Gasteiger partial charge in [-0.15, -0.1) is 0 Å². The number of rotatable bonds is 5. The van der Waals surface area contributed by atoms with E-state index in [1.165, 1.54) is 19.2 Å². The van der Waals surface area contributed by atoms with Gasteiger partial charge in [0.25, 0.3) is 0 Å². The van der Waals surface area contributed by atoms with Crippen LogP contribution in [0.4, 0.5) is 10.2 Å². The van der Waals surface area contributed by atoms with Crippen molar-refractivity contribution >= 4 is 11.7 Å². The third kappa shape index (κ3) is 3.91. The summed E-state index contributed by atoms with van der Waals surface area (Å²) in [6, 6.07) is 6.30. The molecule has 0 spiro atoms. The molecule has 1 aromatic heterocycles. The number of hydrogen-bond acceptors (Lipinski definition) is 4. The molecular weight excluding hydrogens is 313 g/mol. The summed E-state index contributed by atoms with van der Waals surface area (Å²) in [4.78, 5) is 12.1. The molecule has 2 heterocycles. The number of amides is 1. The second kappa shape index (κ2) is 7.44. The SMILES string of the molecule is COc1ccc(CC(=O)Nc2cc(C3CCCOC3)[nH]n2)cc1F. The van der Waals surface area contributed by atoms with Gasteiger partial charge in [-0.1, -0.05) is 6.07 Å². The summed E-state index contributed by atoms with van der Waals surface area (Å²) in [6.45, 7) is 1.47. The van der Waals surface area contributed by atoms with Crippen LogP contribution in [-0.2, 0) is 16.0 Å². The fraction of sp³-hybridized carbons (Fsp3) is 0.412. The van der Waals surface area contributed by atoms with Crippen molar-refractivity contribution in [3.63, 3.8) is 0 Å². The van der Waals surface area contributed by atoms with Crippen molar-refractivity contribution in [3.8, 4) is 5.75 Å². The van der Waals surface area contributed by atoms with Crippen molar-refractivity contribution in [2.24, 2.45) is 0 Å². The minimum absolute atomic E-state index is 0.0651. The molecule has 1 unspecified atom stereocenters. The van der Waals surface area contributed by atoms with Crippen LogP contribution in [0.15, 0.2) is 24.3 Å². The molecule has 0 radical (unpaired) electrons. The fourth-order valence-corrected chi connectivity index (χ4v) is 2.79. The molecule has 128 valence electrons. The zero-order chi connectivity index (χ0) is 16.9. The lowest BCUT2D eigenvalue weighted by atomic mass is 9.99. The van der Waals surface area contributed by atoms with Gasteiger partial charge in [0.2, 0.25) is 5.91 Å². The van der Waals surface area contributed by atoms with Crippen LogP contribution >= 0.6 is 0 Å². The van der Waals surface area contributed by atoms with Gasteiger partial charge in [-0.25, -0.2) is 4.39 Å². The van der Waals surface area contributed by atoms with E-state index in [1.54, 1.807) is 6.07 Å². The molecule has 24 heavy (non-hydrogen) atoms. The van der Waals surface area contributed by atoms with Crippen LogP contribution in [0.1, 0.15) is 30.0 Å². The number of hydrogen-bond donors (Lipinski definition) is 2. The highest BCUT2D eigenvalue weighted by atomic mass is 19.1. The third-order valence-electron chi connectivity index (χ3n) is 4.05. The average molecular weight is 333 g/mol. The normalized spacial score (nSPS) is 17.5. The van der Waals surface area contributed by atoms with Gasteiger partial charge in [0, 0.05) is 24.3 Å². The number of methoxy groups -OCH3 is 1. The Balaban J connectivity index is 1.58. The van der Waals surface area contributed by atoms with Crippen LogP contribution in [0.25, 0.3) is 0 Å². The maximum absolute atomic E-state index is 13.7. The van der Waals surface area contributed by atoms with Crippen molar-refractivity contribution in [1.29, 1.82) is 0 Å². The second-order valence-electron chi connectivity index (χ2n) is 5.82. The number of H-pyrrole nitrogens is 1. The molecule has 3 rings (SSSR count). The van der Waals surface area contributed by atoms with E-state index in [-0.39, 0.29) is 24.0 Å². The lowest BCUT2D eigenvalue weighted by Crippen LogP contribution is -2.16. The molecule has 0 bridgehead atoms. The smallest absolute Gasteiger partial charge is 0.229 e.